The zero-order valence-electron chi connectivity index (χ0n) is 13.4. The maximum Gasteiger partial charge on any atom is 0.321 e. The standard InChI is InChI=1S/C18H13BrN4O3/c19-13-10-21-18(22-11-13)26-16-8-6-14(7-9-16)20-12-17(23-24)25-15-4-2-1-3-5-15/h1-12,17H. The molecule has 1 aromatic heterocycles. The molecule has 0 saturated carbocycles. The van der Waals surface area contributed by atoms with E-state index in [0.29, 0.717) is 17.2 Å². The lowest BCUT2D eigenvalue weighted by Gasteiger charge is -2.07. The minimum atomic E-state index is -1.01. The number of ether oxygens (including phenoxy) is 2. The van der Waals surface area contributed by atoms with Crippen LogP contribution in [0.4, 0.5) is 5.69 Å². The minimum absolute atomic E-state index is 0.242. The van der Waals surface area contributed by atoms with Crippen molar-refractivity contribution in [3.8, 4) is 17.5 Å². The Labute approximate surface area is 157 Å². The molecule has 1 heterocycles. The lowest BCUT2D eigenvalue weighted by atomic mass is 10.3. The van der Waals surface area contributed by atoms with Gasteiger partial charge in [0.2, 0.25) is 0 Å². The molecule has 0 fully saturated rings. The molecule has 0 saturated heterocycles. The van der Waals surface area contributed by atoms with Gasteiger partial charge in [0.15, 0.2) is 0 Å². The van der Waals surface area contributed by atoms with Crippen molar-refractivity contribution in [2.75, 3.05) is 0 Å². The minimum Gasteiger partial charge on any atom is -0.460 e. The summed E-state index contributed by atoms with van der Waals surface area (Å²) in [5.74, 6) is 1.11. The molecular weight excluding hydrogens is 400 g/mol. The molecule has 0 aliphatic carbocycles. The van der Waals surface area contributed by atoms with Crippen molar-refractivity contribution in [1.29, 1.82) is 0 Å². The Bertz CT molecular complexity index is 871. The van der Waals surface area contributed by atoms with Crippen molar-refractivity contribution >= 4 is 27.8 Å². The van der Waals surface area contributed by atoms with E-state index >= 15 is 0 Å². The third-order valence-electron chi connectivity index (χ3n) is 3.10. The van der Waals surface area contributed by atoms with Crippen molar-refractivity contribution in [2.24, 2.45) is 10.2 Å². The van der Waals surface area contributed by atoms with Gasteiger partial charge in [0.1, 0.15) is 11.5 Å². The summed E-state index contributed by atoms with van der Waals surface area (Å²) in [6.45, 7) is 0. The average Bonchev–Trinajstić information content (AvgIpc) is 2.69. The first-order chi connectivity index (χ1) is 12.7. The highest BCUT2D eigenvalue weighted by Gasteiger charge is 2.06. The molecular formula is C18H13BrN4O3. The number of para-hydroxylation sites is 1. The van der Waals surface area contributed by atoms with E-state index in [1.54, 1.807) is 48.8 Å². The molecule has 3 rings (SSSR count). The summed E-state index contributed by atoms with van der Waals surface area (Å²) in [5, 5.41) is 2.91. The summed E-state index contributed by atoms with van der Waals surface area (Å²) >= 11 is 3.26. The molecule has 0 radical (unpaired) electrons. The van der Waals surface area contributed by atoms with Gasteiger partial charge in [-0.2, -0.15) is 0 Å². The van der Waals surface area contributed by atoms with E-state index in [2.05, 4.69) is 36.1 Å². The molecule has 0 N–H and O–H groups in total. The van der Waals surface area contributed by atoms with Crippen LogP contribution in [0.1, 0.15) is 0 Å². The summed E-state index contributed by atoms with van der Waals surface area (Å²) < 4.78 is 11.7. The fraction of sp³-hybridized carbons (Fsp3) is 0.0556. The second kappa shape index (κ2) is 8.82. The Morgan fingerprint density at radius 3 is 2.31 bits per heavy atom. The zero-order chi connectivity index (χ0) is 18.2. The van der Waals surface area contributed by atoms with Gasteiger partial charge in [0.25, 0.3) is 6.23 Å². The smallest absolute Gasteiger partial charge is 0.321 e. The summed E-state index contributed by atoms with van der Waals surface area (Å²) in [6.07, 6.45) is 3.53. The molecule has 1 atom stereocenters. The van der Waals surface area contributed by atoms with Gasteiger partial charge in [-0.05, 0) is 57.5 Å². The first-order valence-corrected chi connectivity index (χ1v) is 8.36. The van der Waals surface area contributed by atoms with Crippen LogP contribution >= 0.6 is 15.9 Å². The highest BCUT2D eigenvalue weighted by Crippen LogP contribution is 2.22. The molecule has 0 aliphatic rings. The molecule has 0 aliphatic heterocycles. The highest BCUT2D eigenvalue weighted by atomic mass is 79.9. The van der Waals surface area contributed by atoms with Crippen LogP contribution < -0.4 is 9.47 Å². The first kappa shape index (κ1) is 17.7. The maximum absolute atomic E-state index is 10.9. The molecule has 3 aromatic rings. The fourth-order valence-electron chi connectivity index (χ4n) is 1.93. The van der Waals surface area contributed by atoms with Gasteiger partial charge in [0.05, 0.1) is 16.4 Å². The van der Waals surface area contributed by atoms with E-state index in [1.165, 1.54) is 6.21 Å². The number of aliphatic imine (C=N–C) groups is 1. The number of halogens is 1. The Kier molecular flexibility index (Phi) is 6.00. The van der Waals surface area contributed by atoms with Crippen LogP contribution in [0.15, 0.2) is 81.6 Å². The van der Waals surface area contributed by atoms with Gasteiger partial charge in [-0.25, -0.2) is 9.97 Å². The van der Waals surface area contributed by atoms with Crippen LogP contribution in [0.3, 0.4) is 0 Å². The first-order valence-electron chi connectivity index (χ1n) is 7.57. The molecule has 130 valence electrons. The van der Waals surface area contributed by atoms with Crippen LogP contribution in [0, 0.1) is 4.91 Å². The molecule has 7 nitrogen and oxygen atoms in total. The Morgan fingerprint density at radius 1 is 0.962 bits per heavy atom. The topological polar surface area (TPSA) is 86.0 Å². The maximum atomic E-state index is 10.9. The lowest BCUT2D eigenvalue weighted by Crippen LogP contribution is -2.14. The van der Waals surface area contributed by atoms with Crippen LogP contribution in [0.5, 0.6) is 17.5 Å². The quantitative estimate of drug-likeness (QED) is 0.406. The van der Waals surface area contributed by atoms with E-state index in [4.69, 9.17) is 9.47 Å². The van der Waals surface area contributed by atoms with E-state index in [9.17, 15) is 4.91 Å². The van der Waals surface area contributed by atoms with E-state index in [1.807, 2.05) is 18.2 Å². The van der Waals surface area contributed by atoms with Gasteiger partial charge >= 0.3 is 6.01 Å². The number of nitroso groups, excluding NO2 is 1. The zero-order valence-corrected chi connectivity index (χ0v) is 15.0. The van der Waals surface area contributed by atoms with E-state index < -0.39 is 6.23 Å². The van der Waals surface area contributed by atoms with Crippen molar-refractivity contribution in [3.63, 3.8) is 0 Å². The molecule has 2 aromatic carbocycles. The Morgan fingerprint density at radius 2 is 1.65 bits per heavy atom. The SMILES string of the molecule is O=NC(C=Nc1ccc(Oc2ncc(Br)cn2)cc1)Oc1ccccc1. The molecule has 26 heavy (non-hydrogen) atoms. The van der Waals surface area contributed by atoms with Crippen LogP contribution in [-0.4, -0.2) is 22.4 Å². The van der Waals surface area contributed by atoms with Crippen molar-refractivity contribution in [1.82, 2.24) is 9.97 Å². The van der Waals surface area contributed by atoms with Crippen molar-refractivity contribution < 1.29 is 9.47 Å². The van der Waals surface area contributed by atoms with Crippen molar-refractivity contribution in [2.45, 2.75) is 6.23 Å². The van der Waals surface area contributed by atoms with Crippen LogP contribution in [-0.2, 0) is 0 Å². The summed E-state index contributed by atoms with van der Waals surface area (Å²) in [4.78, 5) is 23.2. The van der Waals surface area contributed by atoms with Gasteiger partial charge in [-0.3, -0.25) is 4.99 Å². The summed E-state index contributed by atoms with van der Waals surface area (Å²) in [6, 6.07) is 16.1. The molecule has 0 spiro atoms. The number of rotatable bonds is 7. The second-order valence-corrected chi connectivity index (χ2v) is 5.90. The predicted molar refractivity (Wildman–Crippen MR) is 101 cm³/mol. The monoisotopic (exact) mass is 412 g/mol. The van der Waals surface area contributed by atoms with Crippen molar-refractivity contribution in [3.05, 3.63) is 76.4 Å². The summed E-state index contributed by atoms with van der Waals surface area (Å²) in [5.41, 5.74) is 0.624. The van der Waals surface area contributed by atoms with Gasteiger partial charge in [-0.1, -0.05) is 18.2 Å². The van der Waals surface area contributed by atoms with Gasteiger partial charge < -0.3 is 9.47 Å². The van der Waals surface area contributed by atoms with Gasteiger partial charge in [-0.15, -0.1) is 4.91 Å². The molecule has 8 heteroatoms. The molecule has 0 amide bonds. The Balaban J connectivity index is 1.61. The lowest BCUT2D eigenvalue weighted by molar-refractivity contribution is 0.280. The second-order valence-electron chi connectivity index (χ2n) is 4.98. The van der Waals surface area contributed by atoms with E-state index in [-0.39, 0.29) is 6.01 Å². The fourth-order valence-corrected chi connectivity index (χ4v) is 2.13. The number of benzene rings is 2. The van der Waals surface area contributed by atoms with E-state index in [0.717, 1.165) is 4.47 Å². The number of nitrogens with zero attached hydrogens (tertiary/aromatic N) is 4. The van der Waals surface area contributed by atoms with Crippen LogP contribution in [0.25, 0.3) is 0 Å². The number of hydrogen-bond donors (Lipinski definition) is 0. The summed E-state index contributed by atoms with van der Waals surface area (Å²) in [7, 11) is 0. The predicted octanol–water partition coefficient (Wildman–Crippen LogP) is 4.91. The van der Waals surface area contributed by atoms with Gasteiger partial charge in [0, 0.05) is 12.4 Å². The third kappa shape index (κ3) is 5.18. The Hall–Kier alpha value is -3.13. The largest absolute Gasteiger partial charge is 0.460 e. The molecule has 1 unspecified atom stereocenters. The average molecular weight is 413 g/mol. The number of hydrogen-bond acceptors (Lipinski definition) is 7. The third-order valence-corrected chi connectivity index (χ3v) is 3.51. The normalized spacial score (nSPS) is 11.9. The number of aromatic nitrogens is 2. The molecule has 0 bridgehead atoms. The highest BCUT2D eigenvalue weighted by molar-refractivity contribution is 9.10. The van der Waals surface area contributed by atoms with Crippen LogP contribution in [0.2, 0.25) is 0 Å².